The zero-order valence-electron chi connectivity index (χ0n) is 12.0. The minimum absolute atomic E-state index is 0.0727. The van der Waals surface area contributed by atoms with Gasteiger partial charge in [-0.2, -0.15) is 0 Å². The van der Waals surface area contributed by atoms with Gasteiger partial charge >= 0.3 is 0 Å². The Morgan fingerprint density at radius 3 is 2.81 bits per heavy atom. The fraction of sp³-hybridized carbons (Fsp3) is 0.562. The van der Waals surface area contributed by atoms with Crippen molar-refractivity contribution in [2.24, 2.45) is 0 Å². The van der Waals surface area contributed by atoms with E-state index in [4.69, 9.17) is 4.74 Å². The third-order valence-electron chi connectivity index (χ3n) is 4.84. The number of hydrogen-bond acceptors (Lipinski definition) is 4. The monoisotopic (exact) mass is 350 g/mol. The van der Waals surface area contributed by atoms with E-state index in [1.165, 1.54) is 5.56 Å². The third-order valence-corrected chi connectivity index (χ3v) is 5.30. The maximum Gasteiger partial charge on any atom is 0.155 e. The van der Waals surface area contributed by atoms with Crippen LogP contribution in [0.1, 0.15) is 11.1 Å². The molecule has 3 saturated heterocycles. The Kier molecular flexibility index (Phi) is 3.52. The van der Waals surface area contributed by atoms with Crippen LogP contribution in [0, 0.1) is 0 Å². The second kappa shape index (κ2) is 5.38. The Labute approximate surface area is 133 Å². The van der Waals surface area contributed by atoms with Crippen LogP contribution in [0.2, 0.25) is 0 Å². The molecule has 0 aliphatic carbocycles. The molecule has 4 aliphatic rings. The molecule has 0 amide bonds. The van der Waals surface area contributed by atoms with Crippen molar-refractivity contribution < 1.29 is 9.53 Å². The number of fused-ring (bicyclic) bond motifs is 4. The number of ketones is 1. The van der Waals surface area contributed by atoms with Crippen molar-refractivity contribution in [2.45, 2.75) is 18.9 Å². The number of rotatable bonds is 3. The average molecular weight is 351 g/mol. The Hall–Kier alpha value is -0.910. The van der Waals surface area contributed by atoms with E-state index in [9.17, 15) is 4.79 Å². The van der Waals surface area contributed by atoms with Crippen molar-refractivity contribution >= 4 is 21.7 Å². The molecule has 0 saturated carbocycles. The Balaban J connectivity index is 1.55. The largest absolute Gasteiger partial charge is 0.493 e. The topological polar surface area (TPSA) is 32.8 Å². The van der Waals surface area contributed by atoms with Crippen molar-refractivity contribution in [3.05, 3.63) is 27.7 Å². The zero-order valence-corrected chi connectivity index (χ0v) is 13.6. The lowest BCUT2D eigenvalue weighted by Crippen LogP contribution is -2.63. The summed E-state index contributed by atoms with van der Waals surface area (Å²) in [5.41, 5.74) is 2.26. The highest BCUT2D eigenvalue weighted by atomic mass is 79.9. The van der Waals surface area contributed by atoms with Crippen LogP contribution in [-0.2, 0) is 17.6 Å². The van der Waals surface area contributed by atoms with Gasteiger partial charge in [0.25, 0.3) is 0 Å². The molecule has 5 heteroatoms. The van der Waals surface area contributed by atoms with Gasteiger partial charge < -0.3 is 4.74 Å². The van der Waals surface area contributed by atoms with Gasteiger partial charge in [-0.1, -0.05) is 15.9 Å². The molecule has 1 aromatic rings. The molecule has 5 rings (SSSR count). The Morgan fingerprint density at radius 1 is 1.29 bits per heavy atom. The second-order valence-corrected chi connectivity index (χ2v) is 7.06. The highest BCUT2D eigenvalue weighted by Crippen LogP contribution is 2.34. The molecule has 0 radical (unpaired) electrons. The van der Waals surface area contributed by atoms with Gasteiger partial charge in [-0.15, -0.1) is 0 Å². The van der Waals surface area contributed by atoms with Crippen LogP contribution >= 0.6 is 15.9 Å². The van der Waals surface area contributed by atoms with Gasteiger partial charge in [-0.25, -0.2) is 0 Å². The molecule has 2 bridgehead atoms. The maximum atomic E-state index is 12.7. The van der Waals surface area contributed by atoms with Gasteiger partial charge in [0.05, 0.1) is 12.6 Å². The molecule has 4 heterocycles. The third kappa shape index (κ3) is 2.51. The number of carbonyl (C=O) groups excluding carboxylic acids is 1. The molecule has 112 valence electrons. The first-order valence-corrected chi connectivity index (χ1v) is 8.43. The number of halogens is 1. The van der Waals surface area contributed by atoms with Gasteiger partial charge in [-0.3, -0.25) is 14.6 Å². The van der Waals surface area contributed by atoms with Crippen molar-refractivity contribution in [2.75, 3.05) is 39.3 Å². The van der Waals surface area contributed by atoms with E-state index in [0.29, 0.717) is 12.2 Å². The van der Waals surface area contributed by atoms with Gasteiger partial charge in [-0.05, 0) is 17.7 Å². The van der Waals surface area contributed by atoms with Crippen molar-refractivity contribution in [1.29, 1.82) is 0 Å². The molecular formula is C16H19BrN2O2. The van der Waals surface area contributed by atoms with Crippen molar-refractivity contribution in [3.8, 4) is 5.75 Å². The van der Waals surface area contributed by atoms with E-state index in [0.717, 1.165) is 61.5 Å². The van der Waals surface area contributed by atoms with Crippen LogP contribution in [-0.4, -0.2) is 61.0 Å². The summed E-state index contributed by atoms with van der Waals surface area (Å²) in [4.78, 5) is 17.5. The molecular weight excluding hydrogens is 332 g/mol. The second-order valence-electron chi connectivity index (χ2n) is 6.15. The summed E-state index contributed by atoms with van der Waals surface area (Å²) in [5, 5.41) is 0. The molecule has 21 heavy (non-hydrogen) atoms. The van der Waals surface area contributed by atoms with Crippen LogP contribution in [0.25, 0.3) is 0 Å². The SMILES string of the molecule is O=C(Cc1cc(Br)cc2c1OCC2)C1CN2CCN1CC2. The Bertz CT molecular complexity index is 582. The van der Waals surface area contributed by atoms with Crippen LogP contribution < -0.4 is 4.74 Å². The molecule has 4 nitrogen and oxygen atoms in total. The maximum absolute atomic E-state index is 12.7. The standard InChI is InChI=1S/C16H19BrN2O2/c17-13-7-11-1-6-21-16(11)12(8-13)9-15(20)14-10-18-2-4-19(14)5-3-18/h7-8,14H,1-6,9-10H2. The first-order chi connectivity index (χ1) is 10.2. The quantitative estimate of drug-likeness (QED) is 0.826. The fourth-order valence-corrected chi connectivity index (χ4v) is 4.26. The smallest absolute Gasteiger partial charge is 0.155 e. The molecule has 1 aromatic carbocycles. The Morgan fingerprint density at radius 2 is 2.10 bits per heavy atom. The number of Topliss-reactive ketones (excluding diaryl/α,β-unsaturated/α-hetero) is 1. The van der Waals surface area contributed by atoms with Gasteiger partial charge in [0.15, 0.2) is 5.78 Å². The lowest BCUT2D eigenvalue weighted by molar-refractivity contribution is -0.128. The van der Waals surface area contributed by atoms with Crippen LogP contribution in [0.15, 0.2) is 16.6 Å². The highest BCUT2D eigenvalue weighted by Gasteiger charge is 2.36. The number of ether oxygens (including phenoxy) is 1. The summed E-state index contributed by atoms with van der Waals surface area (Å²) in [6.07, 6.45) is 1.43. The van der Waals surface area contributed by atoms with Crippen molar-refractivity contribution in [1.82, 2.24) is 9.80 Å². The number of piperazine rings is 3. The van der Waals surface area contributed by atoms with Gasteiger partial charge in [0.2, 0.25) is 0 Å². The first kappa shape index (κ1) is 13.7. The lowest BCUT2D eigenvalue weighted by Gasteiger charge is -2.46. The normalized spacial score (nSPS) is 30.0. The van der Waals surface area contributed by atoms with E-state index < -0.39 is 0 Å². The minimum atomic E-state index is 0.0727. The molecule has 1 atom stereocenters. The summed E-state index contributed by atoms with van der Waals surface area (Å²) in [6.45, 7) is 5.91. The molecule has 0 aromatic heterocycles. The lowest BCUT2D eigenvalue weighted by atomic mass is 9.96. The summed E-state index contributed by atoms with van der Waals surface area (Å²) in [6, 6.07) is 4.22. The van der Waals surface area contributed by atoms with E-state index in [1.807, 2.05) is 6.07 Å². The number of nitrogens with zero attached hydrogens (tertiary/aromatic N) is 2. The minimum Gasteiger partial charge on any atom is -0.493 e. The molecule has 3 fully saturated rings. The van der Waals surface area contributed by atoms with E-state index in [1.54, 1.807) is 0 Å². The predicted octanol–water partition coefficient (Wildman–Crippen LogP) is 1.50. The number of hydrogen-bond donors (Lipinski definition) is 0. The number of benzene rings is 1. The molecule has 1 unspecified atom stereocenters. The van der Waals surface area contributed by atoms with Gasteiger partial charge in [0, 0.05) is 55.6 Å². The van der Waals surface area contributed by atoms with E-state index >= 15 is 0 Å². The zero-order chi connectivity index (χ0) is 14.4. The summed E-state index contributed by atoms with van der Waals surface area (Å²) >= 11 is 3.55. The first-order valence-electron chi connectivity index (χ1n) is 7.64. The summed E-state index contributed by atoms with van der Waals surface area (Å²) in [7, 11) is 0. The van der Waals surface area contributed by atoms with E-state index in [2.05, 4.69) is 31.8 Å². The van der Waals surface area contributed by atoms with Crippen molar-refractivity contribution in [3.63, 3.8) is 0 Å². The molecule has 0 spiro atoms. The highest BCUT2D eigenvalue weighted by molar-refractivity contribution is 9.10. The molecule has 4 aliphatic heterocycles. The average Bonchev–Trinajstić information content (AvgIpc) is 2.96. The van der Waals surface area contributed by atoms with E-state index in [-0.39, 0.29) is 6.04 Å². The molecule has 0 N–H and O–H groups in total. The van der Waals surface area contributed by atoms with Crippen LogP contribution in [0.4, 0.5) is 0 Å². The summed E-state index contributed by atoms with van der Waals surface area (Å²) in [5.74, 6) is 1.28. The van der Waals surface area contributed by atoms with Gasteiger partial charge in [0.1, 0.15) is 5.75 Å². The number of carbonyl (C=O) groups is 1. The predicted molar refractivity (Wildman–Crippen MR) is 83.9 cm³/mol. The summed E-state index contributed by atoms with van der Waals surface area (Å²) < 4.78 is 6.78. The fourth-order valence-electron chi connectivity index (χ4n) is 3.71. The van der Waals surface area contributed by atoms with Crippen LogP contribution in [0.5, 0.6) is 5.75 Å². The van der Waals surface area contributed by atoms with Crippen LogP contribution in [0.3, 0.4) is 0 Å².